The summed E-state index contributed by atoms with van der Waals surface area (Å²) in [5.41, 5.74) is 0.976. The van der Waals surface area contributed by atoms with Crippen LogP contribution in [0.15, 0.2) is 17.4 Å². The molecule has 1 N–H and O–H groups in total. The first-order valence-corrected chi connectivity index (χ1v) is 9.64. The third-order valence-corrected chi connectivity index (χ3v) is 4.82. The number of likely N-dealkylation sites (tertiary alicyclic amines) is 1. The lowest BCUT2D eigenvalue weighted by Crippen LogP contribution is -2.42. The maximum Gasteiger partial charge on any atom is 0.227 e. The number of oxime groups is 1. The first-order valence-electron chi connectivity index (χ1n) is 9.64. The molecule has 0 aliphatic carbocycles. The van der Waals surface area contributed by atoms with Gasteiger partial charge in [0.25, 0.3) is 0 Å². The van der Waals surface area contributed by atoms with Crippen molar-refractivity contribution in [2.75, 3.05) is 47.0 Å². The zero-order chi connectivity index (χ0) is 18.9. The van der Waals surface area contributed by atoms with Gasteiger partial charge in [-0.05, 0) is 25.9 Å². The third-order valence-electron chi connectivity index (χ3n) is 4.82. The van der Waals surface area contributed by atoms with Crippen molar-refractivity contribution in [2.45, 2.75) is 38.3 Å². The first kappa shape index (κ1) is 19.7. The molecule has 1 atom stereocenters. The number of aromatic nitrogens is 1. The lowest BCUT2D eigenvalue weighted by molar-refractivity contribution is -0.0116. The molecular formula is C19H30N4O4. The van der Waals surface area contributed by atoms with Gasteiger partial charge in [0, 0.05) is 43.9 Å². The normalized spacial score (nSPS) is 20.4. The predicted octanol–water partition coefficient (Wildman–Crippen LogP) is 1.79. The molecule has 2 aliphatic rings. The Hall–Kier alpha value is -2.06. The van der Waals surface area contributed by atoms with Crippen molar-refractivity contribution in [3.8, 4) is 11.6 Å². The molecule has 8 heteroatoms. The minimum atomic E-state index is 0.0708. The largest absolute Gasteiger partial charge is 0.496 e. The fourth-order valence-corrected chi connectivity index (χ4v) is 3.36. The van der Waals surface area contributed by atoms with Crippen LogP contribution in [0.5, 0.6) is 11.6 Å². The molecular weight excluding hydrogens is 348 g/mol. The molecule has 1 fully saturated rings. The van der Waals surface area contributed by atoms with Crippen molar-refractivity contribution in [1.82, 2.24) is 15.2 Å². The molecule has 3 rings (SSSR count). The summed E-state index contributed by atoms with van der Waals surface area (Å²) in [7, 11) is 3.23. The van der Waals surface area contributed by atoms with Gasteiger partial charge in [0.05, 0.1) is 14.2 Å². The zero-order valence-electron chi connectivity index (χ0n) is 16.3. The van der Waals surface area contributed by atoms with Crippen LogP contribution in [0.3, 0.4) is 0 Å². The topological polar surface area (TPSA) is 77.4 Å². The molecule has 0 spiro atoms. The van der Waals surface area contributed by atoms with E-state index in [1.54, 1.807) is 26.5 Å². The standard InChI is InChI=1S/C19H30N4O4/c1-24-17-10-19(25-2)21-12-15(17)11-20-7-6-18-22-26-14-16(27-18)13-23-8-4-3-5-9-23/h10,12,16,20H,3-9,11,13-14H2,1-2H3. The van der Waals surface area contributed by atoms with E-state index in [2.05, 4.69) is 20.4 Å². The molecule has 0 radical (unpaired) electrons. The summed E-state index contributed by atoms with van der Waals surface area (Å²) < 4.78 is 16.5. The van der Waals surface area contributed by atoms with E-state index in [9.17, 15) is 0 Å². The van der Waals surface area contributed by atoms with Gasteiger partial charge in [-0.25, -0.2) is 4.98 Å². The predicted molar refractivity (Wildman–Crippen MR) is 102 cm³/mol. The lowest BCUT2D eigenvalue weighted by atomic mass is 10.1. The van der Waals surface area contributed by atoms with E-state index in [1.165, 1.54) is 19.3 Å². The van der Waals surface area contributed by atoms with Crippen LogP contribution in [0.2, 0.25) is 0 Å². The Morgan fingerprint density at radius 2 is 2.07 bits per heavy atom. The second-order valence-electron chi connectivity index (χ2n) is 6.85. The highest BCUT2D eigenvalue weighted by molar-refractivity contribution is 5.76. The maximum atomic E-state index is 6.01. The Morgan fingerprint density at radius 1 is 1.22 bits per heavy atom. The molecule has 0 bridgehead atoms. The highest BCUT2D eigenvalue weighted by atomic mass is 16.7. The average Bonchev–Trinajstić information content (AvgIpc) is 2.72. The molecule has 0 aromatic carbocycles. The summed E-state index contributed by atoms with van der Waals surface area (Å²) in [6.07, 6.45) is 6.41. The molecule has 3 heterocycles. The van der Waals surface area contributed by atoms with Crippen LogP contribution >= 0.6 is 0 Å². The van der Waals surface area contributed by atoms with Crippen molar-refractivity contribution in [1.29, 1.82) is 0 Å². The molecule has 0 saturated carbocycles. The summed E-state index contributed by atoms with van der Waals surface area (Å²) in [6, 6.07) is 1.78. The minimum absolute atomic E-state index is 0.0708. The summed E-state index contributed by atoms with van der Waals surface area (Å²) >= 11 is 0. The molecule has 1 aromatic rings. The van der Waals surface area contributed by atoms with Gasteiger partial charge in [-0.2, -0.15) is 0 Å². The van der Waals surface area contributed by atoms with Crippen LogP contribution in [-0.2, 0) is 16.1 Å². The molecule has 150 valence electrons. The van der Waals surface area contributed by atoms with E-state index < -0.39 is 0 Å². The molecule has 2 aliphatic heterocycles. The number of nitrogens with zero attached hydrogens (tertiary/aromatic N) is 3. The summed E-state index contributed by atoms with van der Waals surface area (Å²) in [5, 5.41) is 7.43. The molecule has 8 nitrogen and oxygen atoms in total. The number of ether oxygens (including phenoxy) is 3. The number of methoxy groups -OCH3 is 2. The third kappa shape index (κ3) is 5.97. The molecule has 1 aromatic heterocycles. The van der Waals surface area contributed by atoms with E-state index in [1.807, 2.05) is 0 Å². The average molecular weight is 378 g/mol. The minimum Gasteiger partial charge on any atom is -0.496 e. The Morgan fingerprint density at radius 3 is 2.85 bits per heavy atom. The number of hydrogen-bond donors (Lipinski definition) is 1. The number of piperidine rings is 1. The van der Waals surface area contributed by atoms with Gasteiger partial charge in [0.15, 0.2) is 6.61 Å². The Bertz CT molecular complexity index is 620. The van der Waals surface area contributed by atoms with E-state index in [4.69, 9.17) is 19.0 Å². The SMILES string of the molecule is COc1cc(OC)c(CNCCC2=NOCC(CN3CCCCC3)O2)cn1. The van der Waals surface area contributed by atoms with Crippen LogP contribution < -0.4 is 14.8 Å². The summed E-state index contributed by atoms with van der Waals surface area (Å²) in [5.74, 6) is 1.96. The van der Waals surface area contributed by atoms with Gasteiger partial charge < -0.3 is 24.4 Å². The lowest BCUT2D eigenvalue weighted by Gasteiger charge is -2.31. The van der Waals surface area contributed by atoms with E-state index in [0.717, 1.165) is 37.5 Å². The van der Waals surface area contributed by atoms with Crippen molar-refractivity contribution in [3.05, 3.63) is 17.8 Å². The zero-order valence-corrected chi connectivity index (χ0v) is 16.3. The van der Waals surface area contributed by atoms with Gasteiger partial charge in [-0.15, -0.1) is 0 Å². The first-order chi connectivity index (χ1) is 13.3. The Labute approximate surface area is 160 Å². The fourth-order valence-electron chi connectivity index (χ4n) is 3.36. The summed E-state index contributed by atoms with van der Waals surface area (Å²) in [6.45, 7) is 5.14. The van der Waals surface area contributed by atoms with Crippen LogP contribution in [0.4, 0.5) is 0 Å². The highest BCUT2D eigenvalue weighted by Crippen LogP contribution is 2.21. The monoisotopic (exact) mass is 378 g/mol. The van der Waals surface area contributed by atoms with E-state index in [0.29, 0.717) is 31.4 Å². The quantitative estimate of drug-likeness (QED) is 0.657. The molecule has 0 amide bonds. The van der Waals surface area contributed by atoms with Crippen molar-refractivity contribution >= 4 is 5.90 Å². The van der Waals surface area contributed by atoms with E-state index in [-0.39, 0.29) is 6.10 Å². The number of pyridine rings is 1. The van der Waals surface area contributed by atoms with Crippen LogP contribution in [0.25, 0.3) is 0 Å². The van der Waals surface area contributed by atoms with Gasteiger partial charge in [-0.3, -0.25) is 4.90 Å². The smallest absolute Gasteiger partial charge is 0.227 e. The van der Waals surface area contributed by atoms with Crippen molar-refractivity contribution in [3.63, 3.8) is 0 Å². The number of hydrogen-bond acceptors (Lipinski definition) is 8. The number of nitrogens with one attached hydrogen (secondary N) is 1. The van der Waals surface area contributed by atoms with E-state index >= 15 is 0 Å². The van der Waals surface area contributed by atoms with Crippen LogP contribution in [0.1, 0.15) is 31.2 Å². The summed E-state index contributed by atoms with van der Waals surface area (Å²) in [4.78, 5) is 12.1. The van der Waals surface area contributed by atoms with Crippen molar-refractivity contribution in [2.24, 2.45) is 5.16 Å². The molecule has 27 heavy (non-hydrogen) atoms. The molecule has 1 saturated heterocycles. The van der Waals surface area contributed by atoms with Crippen molar-refractivity contribution < 1.29 is 19.0 Å². The van der Waals surface area contributed by atoms with Gasteiger partial charge in [0.1, 0.15) is 11.9 Å². The molecule has 1 unspecified atom stereocenters. The van der Waals surface area contributed by atoms with Gasteiger partial charge in [0.2, 0.25) is 11.8 Å². The Kier molecular flexibility index (Phi) is 7.53. The number of rotatable bonds is 9. The van der Waals surface area contributed by atoms with Gasteiger partial charge >= 0.3 is 0 Å². The van der Waals surface area contributed by atoms with Crippen LogP contribution in [0, 0.1) is 0 Å². The second-order valence-corrected chi connectivity index (χ2v) is 6.85. The van der Waals surface area contributed by atoms with Gasteiger partial charge in [-0.1, -0.05) is 11.6 Å². The second kappa shape index (κ2) is 10.3. The maximum absolute atomic E-state index is 6.01. The fraction of sp³-hybridized carbons (Fsp3) is 0.684. The highest BCUT2D eigenvalue weighted by Gasteiger charge is 2.23. The van der Waals surface area contributed by atoms with Crippen LogP contribution in [-0.4, -0.2) is 68.9 Å². The Balaban J connectivity index is 1.39.